The van der Waals surface area contributed by atoms with E-state index in [1.807, 2.05) is 0 Å². The Morgan fingerprint density at radius 2 is 2.15 bits per heavy atom. The largest absolute Gasteiger partial charge is 0.311 e. The first-order valence-electron chi connectivity index (χ1n) is 6.95. The SMILES string of the molecule is CC(CNCc1cc(Cl)ccc1[N+](=O)[O-])N1CCCC1. The molecule has 1 aliphatic rings. The van der Waals surface area contributed by atoms with Crippen molar-refractivity contribution < 1.29 is 4.92 Å². The summed E-state index contributed by atoms with van der Waals surface area (Å²) in [6.07, 6.45) is 2.54. The number of nitrogens with one attached hydrogen (secondary N) is 1. The van der Waals surface area contributed by atoms with E-state index in [2.05, 4.69) is 17.1 Å². The number of likely N-dealkylation sites (tertiary alicyclic amines) is 1. The molecule has 1 saturated heterocycles. The molecule has 0 amide bonds. The van der Waals surface area contributed by atoms with Crippen LogP contribution < -0.4 is 5.32 Å². The smallest absolute Gasteiger partial charge is 0.273 e. The molecule has 0 aliphatic carbocycles. The van der Waals surface area contributed by atoms with Gasteiger partial charge in [0, 0.05) is 35.8 Å². The maximum absolute atomic E-state index is 11.0. The van der Waals surface area contributed by atoms with Crippen molar-refractivity contribution in [3.8, 4) is 0 Å². The van der Waals surface area contributed by atoms with Gasteiger partial charge in [-0.25, -0.2) is 0 Å². The fourth-order valence-electron chi connectivity index (χ4n) is 2.60. The normalized spacial score (nSPS) is 17.3. The van der Waals surface area contributed by atoms with E-state index in [0.717, 1.165) is 19.6 Å². The summed E-state index contributed by atoms with van der Waals surface area (Å²) in [6.45, 7) is 5.78. The second kappa shape index (κ2) is 7.02. The van der Waals surface area contributed by atoms with Gasteiger partial charge >= 0.3 is 0 Å². The van der Waals surface area contributed by atoms with E-state index < -0.39 is 0 Å². The Morgan fingerprint density at radius 1 is 1.45 bits per heavy atom. The zero-order chi connectivity index (χ0) is 14.5. The van der Waals surface area contributed by atoms with Gasteiger partial charge in [-0.15, -0.1) is 0 Å². The third kappa shape index (κ3) is 3.91. The van der Waals surface area contributed by atoms with Crippen molar-refractivity contribution in [3.05, 3.63) is 38.9 Å². The van der Waals surface area contributed by atoms with Gasteiger partial charge in [-0.2, -0.15) is 0 Å². The van der Waals surface area contributed by atoms with E-state index in [1.165, 1.54) is 18.9 Å². The molecule has 1 aliphatic heterocycles. The molecule has 2 rings (SSSR count). The van der Waals surface area contributed by atoms with Crippen molar-refractivity contribution in [1.29, 1.82) is 0 Å². The molecule has 5 nitrogen and oxygen atoms in total. The number of hydrogen-bond acceptors (Lipinski definition) is 4. The average Bonchev–Trinajstić information content (AvgIpc) is 2.92. The first-order chi connectivity index (χ1) is 9.58. The van der Waals surface area contributed by atoms with Crippen LogP contribution in [0.3, 0.4) is 0 Å². The zero-order valence-corrected chi connectivity index (χ0v) is 12.4. The fourth-order valence-corrected chi connectivity index (χ4v) is 2.80. The lowest BCUT2D eigenvalue weighted by Crippen LogP contribution is -2.38. The maximum atomic E-state index is 11.0. The molecule has 1 fully saturated rings. The summed E-state index contributed by atoms with van der Waals surface area (Å²) in [7, 11) is 0. The quantitative estimate of drug-likeness (QED) is 0.648. The summed E-state index contributed by atoms with van der Waals surface area (Å²) >= 11 is 5.91. The van der Waals surface area contributed by atoms with Crippen LogP contribution in [0.25, 0.3) is 0 Å². The molecule has 0 saturated carbocycles. The van der Waals surface area contributed by atoms with Gasteiger partial charge in [-0.3, -0.25) is 15.0 Å². The number of nitro benzene ring substituents is 1. The molecule has 1 aromatic rings. The Kier molecular flexibility index (Phi) is 5.34. The molecule has 20 heavy (non-hydrogen) atoms. The summed E-state index contributed by atoms with van der Waals surface area (Å²) in [5.74, 6) is 0. The van der Waals surface area contributed by atoms with E-state index in [-0.39, 0.29) is 10.6 Å². The van der Waals surface area contributed by atoms with Gasteiger partial charge < -0.3 is 5.32 Å². The summed E-state index contributed by atoms with van der Waals surface area (Å²) in [6, 6.07) is 5.13. The molecular formula is C14H20ClN3O2. The van der Waals surface area contributed by atoms with Crippen LogP contribution in [-0.4, -0.2) is 35.5 Å². The first kappa shape index (κ1) is 15.2. The third-order valence-electron chi connectivity index (χ3n) is 3.76. The lowest BCUT2D eigenvalue weighted by molar-refractivity contribution is -0.385. The molecule has 110 valence electrons. The third-order valence-corrected chi connectivity index (χ3v) is 3.99. The highest BCUT2D eigenvalue weighted by Crippen LogP contribution is 2.22. The highest BCUT2D eigenvalue weighted by atomic mass is 35.5. The summed E-state index contributed by atoms with van der Waals surface area (Å²) < 4.78 is 0. The van der Waals surface area contributed by atoms with Crippen LogP contribution in [0.15, 0.2) is 18.2 Å². The zero-order valence-electron chi connectivity index (χ0n) is 11.6. The number of benzene rings is 1. The van der Waals surface area contributed by atoms with E-state index in [1.54, 1.807) is 12.1 Å². The van der Waals surface area contributed by atoms with Crippen LogP contribution in [0.2, 0.25) is 5.02 Å². The average molecular weight is 298 g/mol. The monoisotopic (exact) mass is 297 g/mol. The van der Waals surface area contributed by atoms with Crippen molar-refractivity contribution in [3.63, 3.8) is 0 Å². The number of rotatable bonds is 6. The molecular weight excluding hydrogens is 278 g/mol. The van der Waals surface area contributed by atoms with Crippen LogP contribution in [0.5, 0.6) is 0 Å². The van der Waals surface area contributed by atoms with Gasteiger partial charge in [0.2, 0.25) is 0 Å². The van der Waals surface area contributed by atoms with Crippen LogP contribution in [-0.2, 0) is 6.54 Å². The predicted octanol–water partition coefficient (Wildman–Crippen LogP) is 2.82. The van der Waals surface area contributed by atoms with E-state index in [4.69, 9.17) is 11.6 Å². The number of hydrogen-bond donors (Lipinski definition) is 1. The van der Waals surface area contributed by atoms with E-state index >= 15 is 0 Å². The van der Waals surface area contributed by atoms with Crippen molar-refractivity contribution in [2.24, 2.45) is 0 Å². The van der Waals surface area contributed by atoms with Gasteiger partial charge in [0.05, 0.1) is 4.92 Å². The Balaban J connectivity index is 1.90. The molecule has 0 spiro atoms. The van der Waals surface area contributed by atoms with Crippen molar-refractivity contribution in [2.45, 2.75) is 32.4 Å². The Bertz CT molecular complexity index is 475. The van der Waals surface area contributed by atoms with E-state index in [9.17, 15) is 10.1 Å². The van der Waals surface area contributed by atoms with E-state index in [0.29, 0.717) is 23.2 Å². The fraction of sp³-hybridized carbons (Fsp3) is 0.571. The lowest BCUT2D eigenvalue weighted by atomic mass is 10.1. The Hall–Kier alpha value is -1.17. The standard InChI is InChI=1S/C14H20ClN3O2/c1-11(17-6-2-3-7-17)9-16-10-12-8-13(15)4-5-14(12)18(19)20/h4-5,8,11,16H,2-3,6-7,9-10H2,1H3. The van der Waals surface area contributed by atoms with Crippen molar-refractivity contribution in [1.82, 2.24) is 10.2 Å². The Labute approximate surface area is 124 Å². The van der Waals surface area contributed by atoms with Crippen LogP contribution in [0.4, 0.5) is 5.69 Å². The van der Waals surface area contributed by atoms with Crippen LogP contribution >= 0.6 is 11.6 Å². The van der Waals surface area contributed by atoms with Gasteiger partial charge in [0.25, 0.3) is 5.69 Å². The topological polar surface area (TPSA) is 58.4 Å². The van der Waals surface area contributed by atoms with Gasteiger partial charge in [-0.05, 0) is 45.0 Å². The van der Waals surface area contributed by atoms with Crippen LogP contribution in [0.1, 0.15) is 25.3 Å². The molecule has 0 bridgehead atoms. The molecule has 1 heterocycles. The van der Waals surface area contributed by atoms with Gasteiger partial charge in [-0.1, -0.05) is 11.6 Å². The van der Waals surface area contributed by atoms with Crippen molar-refractivity contribution >= 4 is 17.3 Å². The molecule has 6 heteroatoms. The second-order valence-corrected chi connectivity index (χ2v) is 5.69. The Morgan fingerprint density at radius 3 is 2.80 bits per heavy atom. The molecule has 1 aromatic carbocycles. The number of halogens is 1. The lowest BCUT2D eigenvalue weighted by Gasteiger charge is -2.23. The minimum Gasteiger partial charge on any atom is -0.311 e. The maximum Gasteiger partial charge on any atom is 0.273 e. The molecule has 1 N–H and O–H groups in total. The number of nitrogens with zero attached hydrogens (tertiary/aromatic N) is 2. The second-order valence-electron chi connectivity index (χ2n) is 5.25. The summed E-state index contributed by atoms with van der Waals surface area (Å²) in [4.78, 5) is 13.0. The molecule has 1 atom stereocenters. The minimum absolute atomic E-state index is 0.121. The van der Waals surface area contributed by atoms with Crippen molar-refractivity contribution in [2.75, 3.05) is 19.6 Å². The first-order valence-corrected chi connectivity index (χ1v) is 7.33. The number of nitro groups is 1. The summed E-state index contributed by atoms with van der Waals surface area (Å²) in [5, 5.41) is 14.8. The predicted molar refractivity (Wildman–Crippen MR) is 80.1 cm³/mol. The molecule has 1 unspecified atom stereocenters. The minimum atomic E-state index is -0.364. The van der Waals surface area contributed by atoms with Crippen LogP contribution in [0, 0.1) is 10.1 Å². The highest BCUT2D eigenvalue weighted by Gasteiger charge is 2.18. The summed E-state index contributed by atoms with van der Waals surface area (Å²) in [5.41, 5.74) is 0.756. The van der Waals surface area contributed by atoms with Gasteiger partial charge in [0.1, 0.15) is 0 Å². The van der Waals surface area contributed by atoms with Gasteiger partial charge in [0.15, 0.2) is 0 Å². The highest BCUT2D eigenvalue weighted by molar-refractivity contribution is 6.30. The molecule has 0 aromatic heterocycles. The molecule has 0 radical (unpaired) electrons.